The summed E-state index contributed by atoms with van der Waals surface area (Å²) in [5.41, 5.74) is 1.88. The number of hydrogen-bond donors (Lipinski definition) is 0. The normalized spacial score (nSPS) is 13.7. The molecule has 0 radical (unpaired) electrons. The molecule has 33 heavy (non-hydrogen) atoms. The summed E-state index contributed by atoms with van der Waals surface area (Å²) < 4.78 is 7.67. The molecule has 2 aromatic carbocycles. The highest BCUT2D eigenvalue weighted by molar-refractivity contribution is 5.94. The largest absolute Gasteiger partial charge is 0.486 e. The second-order valence-electron chi connectivity index (χ2n) is 8.28. The molecule has 1 aromatic heterocycles. The van der Waals surface area contributed by atoms with E-state index < -0.39 is 0 Å². The van der Waals surface area contributed by atoms with Crippen LogP contribution < -0.4 is 4.74 Å². The van der Waals surface area contributed by atoms with Gasteiger partial charge in [0.1, 0.15) is 18.2 Å². The molecule has 2 heterocycles. The quantitative estimate of drug-likeness (QED) is 0.533. The predicted octanol–water partition coefficient (Wildman–Crippen LogP) is 3.31. The number of nitrogens with zero attached hydrogens (tertiary/aromatic N) is 4. The Morgan fingerprint density at radius 1 is 0.939 bits per heavy atom. The summed E-state index contributed by atoms with van der Waals surface area (Å²) in [6, 6.07) is 17.4. The van der Waals surface area contributed by atoms with Gasteiger partial charge in [-0.25, -0.2) is 4.98 Å². The molecule has 1 fully saturated rings. The van der Waals surface area contributed by atoms with Crippen molar-refractivity contribution in [1.29, 1.82) is 0 Å². The van der Waals surface area contributed by atoms with Crippen molar-refractivity contribution in [2.75, 3.05) is 26.2 Å². The highest BCUT2D eigenvalue weighted by Crippen LogP contribution is 2.16. The van der Waals surface area contributed by atoms with E-state index in [0.717, 1.165) is 18.7 Å². The number of carbonyl (C=O) groups excluding carboxylic acids is 2. The molecule has 0 saturated carbocycles. The minimum atomic E-state index is -0.0122. The lowest BCUT2D eigenvalue weighted by Gasteiger charge is -2.35. The van der Waals surface area contributed by atoms with Crippen molar-refractivity contribution < 1.29 is 14.3 Å². The molecule has 0 spiro atoms. The average Bonchev–Trinajstić information content (AvgIpc) is 3.28. The molecule has 172 valence electrons. The maximum absolute atomic E-state index is 12.9. The lowest BCUT2D eigenvalue weighted by atomic mass is 10.1. The average molecular weight is 447 g/mol. The fraction of sp³-hybridized carbons (Fsp3) is 0.346. The number of amides is 2. The van der Waals surface area contributed by atoms with Crippen LogP contribution in [0.2, 0.25) is 0 Å². The van der Waals surface area contributed by atoms with Crippen LogP contribution in [0.25, 0.3) is 0 Å². The Kier molecular flexibility index (Phi) is 7.40. The third-order valence-electron chi connectivity index (χ3n) is 6.01. The molecule has 4 rings (SSSR count). The van der Waals surface area contributed by atoms with Gasteiger partial charge in [-0.1, -0.05) is 30.3 Å². The Morgan fingerprint density at radius 2 is 1.64 bits per heavy atom. The first-order valence-electron chi connectivity index (χ1n) is 11.4. The summed E-state index contributed by atoms with van der Waals surface area (Å²) >= 11 is 0. The van der Waals surface area contributed by atoms with Gasteiger partial charge in [-0.3, -0.25) is 9.59 Å². The molecule has 0 aliphatic carbocycles. The van der Waals surface area contributed by atoms with E-state index in [2.05, 4.69) is 17.1 Å². The van der Waals surface area contributed by atoms with Crippen LogP contribution in [-0.2, 0) is 24.9 Å². The lowest BCUT2D eigenvalue weighted by Crippen LogP contribution is -2.50. The monoisotopic (exact) mass is 446 g/mol. The Labute approximate surface area is 194 Å². The van der Waals surface area contributed by atoms with E-state index in [-0.39, 0.29) is 11.8 Å². The van der Waals surface area contributed by atoms with Crippen molar-refractivity contribution in [3.8, 4) is 5.75 Å². The van der Waals surface area contributed by atoms with Gasteiger partial charge in [-0.15, -0.1) is 0 Å². The molecule has 1 aliphatic heterocycles. The molecular formula is C26H30N4O3. The summed E-state index contributed by atoms with van der Waals surface area (Å²) in [4.78, 5) is 33.3. The number of hydrogen-bond acceptors (Lipinski definition) is 4. The van der Waals surface area contributed by atoms with Gasteiger partial charge in [0.05, 0.1) is 0 Å². The van der Waals surface area contributed by atoms with Crippen LogP contribution >= 0.6 is 0 Å². The SMILES string of the molecule is Cn1ccnc1COc1ccc(C(=O)N2CCN(C(=O)CCCc3ccccc3)CC2)cc1. The van der Waals surface area contributed by atoms with Gasteiger partial charge in [0.25, 0.3) is 5.91 Å². The summed E-state index contributed by atoms with van der Waals surface area (Å²) in [6.07, 6.45) is 5.91. The van der Waals surface area contributed by atoms with Crippen molar-refractivity contribution in [1.82, 2.24) is 19.4 Å². The van der Waals surface area contributed by atoms with Crippen LogP contribution in [0.15, 0.2) is 67.0 Å². The highest BCUT2D eigenvalue weighted by atomic mass is 16.5. The summed E-state index contributed by atoms with van der Waals surface area (Å²) in [5, 5.41) is 0. The van der Waals surface area contributed by atoms with Gasteiger partial charge in [0.15, 0.2) is 0 Å². The van der Waals surface area contributed by atoms with E-state index in [1.165, 1.54) is 5.56 Å². The van der Waals surface area contributed by atoms with Crippen molar-refractivity contribution in [2.45, 2.75) is 25.9 Å². The zero-order valence-electron chi connectivity index (χ0n) is 19.0. The van der Waals surface area contributed by atoms with Gasteiger partial charge in [0, 0.05) is 57.6 Å². The second-order valence-corrected chi connectivity index (χ2v) is 8.28. The van der Waals surface area contributed by atoms with Crippen LogP contribution in [0.4, 0.5) is 0 Å². The van der Waals surface area contributed by atoms with Gasteiger partial charge in [-0.05, 0) is 42.7 Å². The molecule has 1 saturated heterocycles. The number of aryl methyl sites for hydroxylation is 2. The van der Waals surface area contributed by atoms with E-state index in [0.29, 0.717) is 50.5 Å². The van der Waals surface area contributed by atoms with Crippen LogP contribution in [0.5, 0.6) is 5.75 Å². The number of imidazole rings is 1. The van der Waals surface area contributed by atoms with E-state index in [9.17, 15) is 9.59 Å². The summed E-state index contributed by atoms with van der Waals surface area (Å²) in [7, 11) is 1.92. The fourth-order valence-corrected chi connectivity index (χ4v) is 3.97. The standard InChI is InChI=1S/C26H30N4O3/c1-28-15-14-27-24(28)20-33-23-12-10-22(11-13-23)26(32)30-18-16-29(17-19-30)25(31)9-5-8-21-6-3-2-4-7-21/h2-4,6-7,10-15H,5,8-9,16-20H2,1H3. The second kappa shape index (κ2) is 10.8. The van der Waals surface area contributed by atoms with Crippen LogP contribution in [0.1, 0.15) is 34.6 Å². The summed E-state index contributed by atoms with van der Waals surface area (Å²) in [6.45, 7) is 2.65. The molecule has 0 bridgehead atoms. The molecule has 7 nitrogen and oxygen atoms in total. The number of rotatable bonds is 8. The van der Waals surface area contributed by atoms with Crippen molar-refractivity contribution in [3.63, 3.8) is 0 Å². The number of carbonyl (C=O) groups is 2. The molecule has 0 N–H and O–H groups in total. The number of piperazine rings is 1. The molecular weight excluding hydrogens is 416 g/mol. The van der Waals surface area contributed by atoms with Gasteiger partial charge >= 0.3 is 0 Å². The van der Waals surface area contributed by atoms with Crippen LogP contribution in [-0.4, -0.2) is 57.3 Å². The Bertz CT molecular complexity index is 1050. The van der Waals surface area contributed by atoms with E-state index >= 15 is 0 Å². The van der Waals surface area contributed by atoms with Crippen LogP contribution in [0, 0.1) is 0 Å². The molecule has 1 aliphatic rings. The molecule has 0 atom stereocenters. The first-order valence-corrected chi connectivity index (χ1v) is 11.4. The maximum atomic E-state index is 12.9. The fourth-order valence-electron chi connectivity index (χ4n) is 3.97. The maximum Gasteiger partial charge on any atom is 0.253 e. The number of ether oxygens (including phenoxy) is 1. The van der Waals surface area contributed by atoms with Crippen molar-refractivity contribution in [3.05, 3.63) is 83.9 Å². The van der Waals surface area contributed by atoms with Crippen LogP contribution in [0.3, 0.4) is 0 Å². The smallest absolute Gasteiger partial charge is 0.253 e. The van der Waals surface area contributed by atoms with Crippen molar-refractivity contribution in [2.24, 2.45) is 7.05 Å². The van der Waals surface area contributed by atoms with E-state index in [4.69, 9.17) is 4.74 Å². The Hall–Kier alpha value is -3.61. The van der Waals surface area contributed by atoms with Gasteiger partial charge in [0.2, 0.25) is 5.91 Å². The molecule has 3 aromatic rings. The number of aromatic nitrogens is 2. The minimum Gasteiger partial charge on any atom is -0.486 e. The minimum absolute atomic E-state index is 0.0122. The Balaban J connectivity index is 1.21. The molecule has 2 amide bonds. The Morgan fingerprint density at radius 3 is 2.30 bits per heavy atom. The zero-order chi connectivity index (χ0) is 23.0. The highest BCUT2D eigenvalue weighted by Gasteiger charge is 2.24. The first kappa shape index (κ1) is 22.6. The molecule has 7 heteroatoms. The zero-order valence-corrected chi connectivity index (χ0v) is 19.0. The molecule has 0 unspecified atom stereocenters. The third-order valence-corrected chi connectivity index (χ3v) is 6.01. The topological polar surface area (TPSA) is 67.7 Å². The summed E-state index contributed by atoms with van der Waals surface area (Å²) in [5.74, 6) is 1.69. The lowest BCUT2D eigenvalue weighted by molar-refractivity contribution is -0.132. The van der Waals surface area contributed by atoms with E-state index in [1.54, 1.807) is 18.3 Å². The predicted molar refractivity (Wildman–Crippen MR) is 126 cm³/mol. The van der Waals surface area contributed by atoms with Crippen molar-refractivity contribution >= 4 is 11.8 Å². The van der Waals surface area contributed by atoms with Gasteiger partial charge in [-0.2, -0.15) is 0 Å². The first-order chi connectivity index (χ1) is 16.1. The number of benzene rings is 2. The van der Waals surface area contributed by atoms with Gasteiger partial charge < -0.3 is 19.1 Å². The van der Waals surface area contributed by atoms with E-state index in [1.807, 2.05) is 57.9 Å². The third kappa shape index (κ3) is 6.00.